The average Bonchev–Trinajstić information content (AvgIpc) is 2.71. The van der Waals surface area contributed by atoms with Gasteiger partial charge in [0.2, 0.25) is 0 Å². The lowest BCUT2D eigenvalue weighted by molar-refractivity contribution is -0.535. The van der Waals surface area contributed by atoms with Crippen LogP contribution in [0.4, 0.5) is 62.8 Å². The van der Waals surface area contributed by atoms with Crippen LogP contribution in [0.3, 0.4) is 0 Å². The third kappa shape index (κ3) is 6.55. The maximum Gasteiger partial charge on any atom is 0.527 e. The molecule has 0 fully saturated rings. The molecule has 0 radical (unpaired) electrons. The van der Waals surface area contributed by atoms with E-state index in [2.05, 4.69) is 0 Å². The summed E-state index contributed by atoms with van der Waals surface area (Å²) in [6.45, 7) is 0. The second-order valence-electron chi connectivity index (χ2n) is 7.01. The molecule has 38 heavy (non-hydrogen) atoms. The Kier molecular flexibility index (Phi) is 8.54. The fraction of sp³-hybridized carbons (Fsp3) is 0.316. The van der Waals surface area contributed by atoms with Gasteiger partial charge in [-0.1, -0.05) is 35.3 Å². The van der Waals surface area contributed by atoms with Crippen LogP contribution in [0.5, 0.6) is 0 Å². The van der Waals surface area contributed by atoms with Gasteiger partial charge < -0.3 is 5.32 Å². The number of amides is 1. The van der Waals surface area contributed by atoms with Crippen LogP contribution in [0, 0.1) is 0 Å². The van der Waals surface area contributed by atoms with Crippen LogP contribution < -0.4 is 5.32 Å². The van der Waals surface area contributed by atoms with E-state index < -0.39 is 53.7 Å². The predicted octanol–water partition coefficient (Wildman–Crippen LogP) is 8.30. The lowest BCUT2D eigenvalue weighted by Crippen LogP contribution is -2.61. The summed E-state index contributed by atoms with van der Waals surface area (Å²) in [6, 6.07) is 4.87. The van der Waals surface area contributed by atoms with E-state index in [0.717, 1.165) is 18.2 Å². The Bertz CT molecular complexity index is 1190. The van der Waals surface area contributed by atoms with Crippen molar-refractivity contribution < 1.29 is 71.3 Å². The zero-order chi connectivity index (χ0) is 29.5. The molecule has 2 aromatic carbocycles. The first-order chi connectivity index (χ1) is 16.9. The minimum Gasteiger partial charge on any atom is -0.322 e. The summed E-state index contributed by atoms with van der Waals surface area (Å²) >= 11 is 11.4. The zero-order valence-corrected chi connectivity index (χ0v) is 18.9. The fourth-order valence-corrected chi connectivity index (χ4v) is 2.99. The Morgan fingerprint density at radius 2 is 1.26 bits per heavy atom. The van der Waals surface area contributed by atoms with Gasteiger partial charge in [-0.3, -0.25) is 4.79 Å². The van der Waals surface area contributed by atoms with Crippen LogP contribution in [-0.4, -0.2) is 36.5 Å². The first-order valence-corrected chi connectivity index (χ1v) is 9.92. The van der Waals surface area contributed by atoms with Crippen LogP contribution in [0.25, 0.3) is 0 Å². The van der Waals surface area contributed by atoms with Gasteiger partial charge in [0.25, 0.3) is 5.91 Å². The van der Waals surface area contributed by atoms with Gasteiger partial charge >= 0.3 is 36.5 Å². The molecule has 0 aliphatic heterocycles. The first-order valence-electron chi connectivity index (χ1n) is 9.16. The highest BCUT2D eigenvalue weighted by Crippen LogP contribution is 2.54. The molecule has 0 aromatic heterocycles. The number of alkyl halides is 13. The smallest absolute Gasteiger partial charge is 0.322 e. The van der Waals surface area contributed by atoms with E-state index in [1.807, 2.05) is 10.1 Å². The molecule has 212 valence electrons. The molecule has 0 spiro atoms. The summed E-state index contributed by atoms with van der Waals surface area (Å²) in [5, 5.41) is 1.76. The fourth-order valence-electron chi connectivity index (χ4n) is 2.50. The second kappa shape index (κ2) is 10.2. The summed E-state index contributed by atoms with van der Waals surface area (Å²) in [5.41, 5.74) is -3.00. The van der Waals surface area contributed by atoms with Gasteiger partial charge in [-0.25, -0.2) is 9.47 Å². The molecule has 0 saturated heterocycles. The van der Waals surface area contributed by atoms with Gasteiger partial charge in [-0.05, 0) is 30.3 Å². The molecule has 2 aromatic rings. The predicted molar refractivity (Wildman–Crippen MR) is 103 cm³/mol. The van der Waals surface area contributed by atoms with Crippen LogP contribution in [0.2, 0.25) is 10.0 Å². The zero-order valence-electron chi connectivity index (χ0n) is 17.4. The van der Waals surface area contributed by atoms with Gasteiger partial charge in [0.1, 0.15) is 0 Å². The maximum atomic E-state index is 14.4. The molecule has 0 saturated carbocycles. The van der Waals surface area contributed by atoms with Crippen molar-refractivity contribution in [3.63, 3.8) is 0 Å². The van der Waals surface area contributed by atoms with E-state index in [1.54, 1.807) is 0 Å². The molecular formula is C19H8Cl2F13NO3. The molecule has 0 heterocycles. The van der Waals surface area contributed by atoms with Crippen LogP contribution >= 0.6 is 23.2 Å². The molecule has 2 rings (SSSR count). The largest absolute Gasteiger partial charge is 0.527 e. The van der Waals surface area contributed by atoms with Gasteiger partial charge in [0, 0.05) is 16.3 Å². The third-order valence-corrected chi connectivity index (χ3v) is 4.80. The summed E-state index contributed by atoms with van der Waals surface area (Å²) in [5.74, 6) is -14.7. The molecular weight excluding hydrogens is 608 g/mol. The summed E-state index contributed by atoms with van der Waals surface area (Å²) in [6.07, 6.45) is -28.0. The van der Waals surface area contributed by atoms with Crippen molar-refractivity contribution in [2.75, 3.05) is 5.32 Å². The molecule has 0 unspecified atom stereocenters. The maximum absolute atomic E-state index is 14.4. The van der Waals surface area contributed by atoms with E-state index in [9.17, 15) is 61.9 Å². The van der Waals surface area contributed by atoms with E-state index >= 15 is 0 Å². The van der Waals surface area contributed by atoms with Crippen molar-refractivity contribution in [1.29, 1.82) is 0 Å². The van der Waals surface area contributed by atoms with Crippen molar-refractivity contribution in [2.24, 2.45) is 0 Å². The number of benzene rings is 2. The number of ether oxygens (including phenoxy) is 2. The lowest BCUT2D eigenvalue weighted by atomic mass is 10.1. The normalized spacial score (nSPS) is 14.0. The van der Waals surface area contributed by atoms with Gasteiger partial charge in [-0.2, -0.15) is 43.9 Å². The number of halogens is 15. The topological polar surface area (TPSA) is 47.6 Å². The Morgan fingerprint density at radius 3 is 1.79 bits per heavy atom. The van der Waals surface area contributed by atoms with Crippen molar-refractivity contribution >= 4 is 34.8 Å². The summed E-state index contributed by atoms with van der Waals surface area (Å²) in [4.78, 5) is 12.3. The van der Waals surface area contributed by atoms with Crippen molar-refractivity contribution in [1.82, 2.24) is 0 Å². The minimum atomic E-state index is -7.54. The van der Waals surface area contributed by atoms with Crippen molar-refractivity contribution in [3.8, 4) is 0 Å². The third-order valence-electron chi connectivity index (χ3n) is 4.26. The molecule has 0 aliphatic rings. The number of carbonyl (C=O) groups excluding carboxylic acids is 1. The quantitative estimate of drug-likeness (QED) is 0.289. The molecule has 4 nitrogen and oxygen atoms in total. The first kappa shape index (κ1) is 31.7. The van der Waals surface area contributed by atoms with Crippen molar-refractivity contribution in [3.05, 3.63) is 63.6 Å². The SMILES string of the molecule is O=C(Nc1cccc(C(F)(F)C(F)(F)OC(F)(F)C(F)(F)C(F)(F)OC(F)(F)F)c1)c1ccc(Cl)cc1Cl. The van der Waals surface area contributed by atoms with E-state index in [1.165, 1.54) is 10.8 Å². The number of hydrogen-bond donors (Lipinski definition) is 1. The number of rotatable bonds is 9. The molecule has 0 bridgehead atoms. The van der Waals surface area contributed by atoms with Gasteiger partial charge in [-0.15, -0.1) is 13.2 Å². The van der Waals surface area contributed by atoms with E-state index in [0.29, 0.717) is 6.07 Å². The highest BCUT2D eigenvalue weighted by atomic mass is 35.5. The number of hydrogen-bond acceptors (Lipinski definition) is 3. The molecule has 0 atom stereocenters. The molecule has 1 N–H and O–H groups in total. The highest BCUT2D eigenvalue weighted by molar-refractivity contribution is 6.37. The number of anilines is 1. The van der Waals surface area contributed by atoms with Crippen LogP contribution in [-0.2, 0) is 15.4 Å². The Balaban J connectivity index is 2.35. The van der Waals surface area contributed by atoms with Crippen LogP contribution in [0.15, 0.2) is 42.5 Å². The van der Waals surface area contributed by atoms with E-state index in [-0.39, 0.29) is 27.7 Å². The van der Waals surface area contributed by atoms with Crippen molar-refractivity contribution in [2.45, 2.75) is 36.5 Å². The summed E-state index contributed by atoms with van der Waals surface area (Å²) in [7, 11) is 0. The Hall–Kier alpha value is -2.50. The monoisotopic (exact) mass is 615 g/mol. The Morgan fingerprint density at radius 1 is 0.711 bits per heavy atom. The van der Waals surface area contributed by atoms with Crippen LogP contribution in [0.1, 0.15) is 15.9 Å². The second-order valence-corrected chi connectivity index (χ2v) is 7.85. The molecule has 1 amide bonds. The number of carbonyl (C=O) groups is 1. The van der Waals surface area contributed by atoms with E-state index in [4.69, 9.17) is 23.2 Å². The minimum absolute atomic E-state index is 0.0383. The Labute approximate surface area is 212 Å². The highest BCUT2D eigenvalue weighted by Gasteiger charge is 2.80. The summed E-state index contributed by atoms with van der Waals surface area (Å²) < 4.78 is 176. The van der Waals surface area contributed by atoms with Gasteiger partial charge in [0.05, 0.1) is 10.6 Å². The standard InChI is InChI=1S/C19H8Cl2F13NO3/c20-9-4-5-11(12(21)7-9)13(36)35-10-3-1-2-8(6-10)14(22,23)16(26,27)37-17(28,29)15(24,25)18(30,31)38-19(32,33)34/h1-7H,(H,35,36). The lowest BCUT2D eigenvalue weighted by Gasteiger charge is -2.35. The molecule has 0 aliphatic carbocycles. The molecule has 19 heteroatoms. The van der Waals surface area contributed by atoms with Gasteiger partial charge in [0.15, 0.2) is 0 Å². The number of nitrogens with one attached hydrogen (secondary N) is 1. The average molecular weight is 616 g/mol.